The summed E-state index contributed by atoms with van der Waals surface area (Å²) < 4.78 is 44.4. The minimum Gasteiger partial charge on any atom is -0.369 e. The van der Waals surface area contributed by atoms with Crippen molar-refractivity contribution < 1.29 is 27.5 Å². The highest BCUT2D eigenvalue weighted by atomic mass is 19.4. The molecule has 6 nitrogen and oxygen atoms in total. The lowest BCUT2D eigenvalue weighted by Gasteiger charge is -2.41. The van der Waals surface area contributed by atoms with Gasteiger partial charge in [-0.15, -0.1) is 0 Å². The Bertz CT molecular complexity index is 960. The van der Waals surface area contributed by atoms with Crippen molar-refractivity contribution in [2.24, 2.45) is 0 Å². The minimum absolute atomic E-state index is 0.0556. The molecule has 0 unspecified atom stereocenters. The molecular formula is C23H24F3N3O3. The molecule has 0 aromatic heterocycles. The Morgan fingerprint density at radius 1 is 1.00 bits per heavy atom. The van der Waals surface area contributed by atoms with Gasteiger partial charge in [-0.1, -0.05) is 36.4 Å². The summed E-state index contributed by atoms with van der Waals surface area (Å²) in [5.41, 5.74) is 0.714. The number of rotatable bonds is 4. The van der Waals surface area contributed by atoms with E-state index in [1.807, 2.05) is 35.2 Å². The zero-order chi connectivity index (χ0) is 22.7. The molecule has 0 radical (unpaired) electrons. The number of hydrogen-bond acceptors (Lipinski definition) is 4. The van der Waals surface area contributed by atoms with Crippen LogP contribution in [0, 0.1) is 0 Å². The number of anilines is 1. The van der Waals surface area contributed by atoms with Gasteiger partial charge in [0.05, 0.1) is 12.2 Å². The lowest BCUT2D eigenvalue weighted by atomic mass is 10.1. The standard InChI is InChI=1S/C23H24F3N3O3/c24-23(25,26)18-7-4-8-19(13-18)27-9-11-28(12-10-27)22(31)20-15-32-16-21(30)29(20)14-17-5-2-1-3-6-17/h1-8,13,20H,9-12,14-16H2/t20-/m0/s1. The van der Waals surface area contributed by atoms with Gasteiger partial charge in [0.15, 0.2) is 0 Å². The van der Waals surface area contributed by atoms with E-state index in [2.05, 4.69) is 0 Å². The number of ether oxygens (including phenoxy) is 1. The second-order valence-corrected chi connectivity index (χ2v) is 7.90. The van der Waals surface area contributed by atoms with E-state index in [9.17, 15) is 22.8 Å². The van der Waals surface area contributed by atoms with Gasteiger partial charge in [-0.3, -0.25) is 9.59 Å². The average Bonchev–Trinajstić information content (AvgIpc) is 2.80. The van der Waals surface area contributed by atoms with E-state index in [1.54, 1.807) is 15.9 Å². The van der Waals surface area contributed by atoms with Crippen LogP contribution >= 0.6 is 0 Å². The fourth-order valence-corrected chi connectivity index (χ4v) is 4.06. The van der Waals surface area contributed by atoms with Crippen LogP contribution in [0.2, 0.25) is 0 Å². The third kappa shape index (κ3) is 4.88. The summed E-state index contributed by atoms with van der Waals surface area (Å²) in [6.45, 7) is 1.94. The number of alkyl halides is 3. The largest absolute Gasteiger partial charge is 0.416 e. The van der Waals surface area contributed by atoms with Crippen LogP contribution in [-0.4, -0.2) is 67.0 Å². The summed E-state index contributed by atoms with van der Waals surface area (Å²) in [5.74, 6) is -0.432. The molecule has 32 heavy (non-hydrogen) atoms. The van der Waals surface area contributed by atoms with Gasteiger partial charge in [-0.25, -0.2) is 0 Å². The molecule has 170 valence electrons. The Labute approximate surface area is 184 Å². The summed E-state index contributed by atoms with van der Waals surface area (Å²) in [5, 5.41) is 0. The molecule has 2 aliphatic rings. The topological polar surface area (TPSA) is 53.1 Å². The molecule has 0 bridgehead atoms. The smallest absolute Gasteiger partial charge is 0.369 e. The van der Waals surface area contributed by atoms with Crippen LogP contribution in [0.25, 0.3) is 0 Å². The fraction of sp³-hybridized carbons (Fsp3) is 0.391. The van der Waals surface area contributed by atoms with Crippen molar-refractivity contribution in [3.05, 3.63) is 65.7 Å². The Kier molecular flexibility index (Phi) is 6.36. The molecule has 9 heteroatoms. The van der Waals surface area contributed by atoms with Gasteiger partial charge in [0, 0.05) is 38.4 Å². The van der Waals surface area contributed by atoms with Crippen LogP contribution in [0.15, 0.2) is 54.6 Å². The molecule has 4 rings (SSSR count). The Balaban J connectivity index is 1.41. The SMILES string of the molecule is O=C([C@@H]1COCC(=O)N1Cc1ccccc1)N1CCN(c2cccc(C(F)(F)F)c2)CC1. The van der Waals surface area contributed by atoms with Crippen molar-refractivity contribution in [2.75, 3.05) is 44.3 Å². The minimum atomic E-state index is -4.40. The van der Waals surface area contributed by atoms with Gasteiger partial charge in [0.1, 0.15) is 12.6 Å². The highest BCUT2D eigenvalue weighted by Crippen LogP contribution is 2.32. The van der Waals surface area contributed by atoms with Gasteiger partial charge in [0.2, 0.25) is 11.8 Å². The highest BCUT2D eigenvalue weighted by molar-refractivity contribution is 5.89. The molecule has 0 spiro atoms. The predicted molar refractivity (Wildman–Crippen MR) is 112 cm³/mol. The first kappa shape index (κ1) is 22.1. The molecule has 2 amide bonds. The predicted octanol–water partition coefficient (Wildman–Crippen LogP) is 2.78. The van der Waals surface area contributed by atoms with E-state index in [0.717, 1.165) is 17.7 Å². The number of carbonyl (C=O) groups excluding carboxylic acids is 2. The average molecular weight is 447 g/mol. The quantitative estimate of drug-likeness (QED) is 0.724. The van der Waals surface area contributed by atoms with Crippen LogP contribution in [0.4, 0.5) is 18.9 Å². The number of hydrogen-bond donors (Lipinski definition) is 0. The molecule has 0 aliphatic carbocycles. The summed E-state index contributed by atoms with van der Waals surface area (Å²) >= 11 is 0. The van der Waals surface area contributed by atoms with Crippen LogP contribution in [0.5, 0.6) is 0 Å². The molecule has 0 saturated carbocycles. The molecule has 2 aromatic carbocycles. The first-order valence-electron chi connectivity index (χ1n) is 10.4. The zero-order valence-corrected chi connectivity index (χ0v) is 17.4. The van der Waals surface area contributed by atoms with E-state index in [0.29, 0.717) is 38.4 Å². The number of nitrogens with zero attached hydrogens (tertiary/aromatic N) is 3. The zero-order valence-electron chi connectivity index (χ0n) is 17.4. The number of carbonyl (C=O) groups is 2. The first-order valence-corrected chi connectivity index (χ1v) is 10.4. The number of amides is 2. The van der Waals surface area contributed by atoms with E-state index < -0.39 is 17.8 Å². The van der Waals surface area contributed by atoms with E-state index in [4.69, 9.17) is 4.74 Å². The van der Waals surface area contributed by atoms with Crippen LogP contribution in [0.3, 0.4) is 0 Å². The van der Waals surface area contributed by atoms with Crippen molar-refractivity contribution in [2.45, 2.75) is 18.8 Å². The number of halogens is 3. The molecule has 0 N–H and O–H groups in total. The van der Waals surface area contributed by atoms with Crippen LogP contribution in [-0.2, 0) is 27.0 Å². The first-order chi connectivity index (χ1) is 15.3. The monoisotopic (exact) mass is 447 g/mol. The second-order valence-electron chi connectivity index (χ2n) is 7.90. The maximum Gasteiger partial charge on any atom is 0.416 e. The van der Waals surface area contributed by atoms with E-state index >= 15 is 0 Å². The van der Waals surface area contributed by atoms with Crippen LogP contribution < -0.4 is 4.90 Å². The summed E-state index contributed by atoms with van der Waals surface area (Å²) in [6, 6.07) is 13.9. The van der Waals surface area contributed by atoms with Gasteiger partial charge in [-0.2, -0.15) is 13.2 Å². The van der Waals surface area contributed by atoms with Gasteiger partial charge in [0.25, 0.3) is 0 Å². The molecule has 2 heterocycles. The summed E-state index contributed by atoms with van der Waals surface area (Å²) in [6.07, 6.45) is -4.40. The fourth-order valence-electron chi connectivity index (χ4n) is 4.06. The van der Waals surface area contributed by atoms with E-state index in [-0.39, 0.29) is 25.0 Å². The normalized spacial score (nSPS) is 19.9. The van der Waals surface area contributed by atoms with E-state index in [1.165, 1.54) is 6.07 Å². The van der Waals surface area contributed by atoms with Crippen molar-refractivity contribution in [1.82, 2.24) is 9.80 Å². The number of morpholine rings is 1. The van der Waals surface area contributed by atoms with Crippen molar-refractivity contribution in [1.29, 1.82) is 0 Å². The maximum atomic E-state index is 13.2. The summed E-state index contributed by atoms with van der Waals surface area (Å²) in [7, 11) is 0. The molecule has 2 saturated heterocycles. The molecule has 2 aliphatic heterocycles. The van der Waals surface area contributed by atoms with Crippen LogP contribution in [0.1, 0.15) is 11.1 Å². The van der Waals surface area contributed by atoms with Gasteiger partial charge in [-0.05, 0) is 23.8 Å². The second kappa shape index (κ2) is 9.20. The van der Waals surface area contributed by atoms with Crippen molar-refractivity contribution in [3.8, 4) is 0 Å². The molecule has 1 atom stereocenters. The third-order valence-corrected chi connectivity index (χ3v) is 5.81. The molecule has 2 fully saturated rings. The highest BCUT2D eigenvalue weighted by Gasteiger charge is 2.37. The Morgan fingerprint density at radius 3 is 2.41 bits per heavy atom. The lowest BCUT2D eigenvalue weighted by molar-refractivity contribution is -0.160. The van der Waals surface area contributed by atoms with Crippen molar-refractivity contribution >= 4 is 17.5 Å². The number of piperazine rings is 1. The Hall–Kier alpha value is -3.07. The maximum absolute atomic E-state index is 13.2. The molecular weight excluding hydrogens is 423 g/mol. The van der Waals surface area contributed by atoms with Crippen molar-refractivity contribution in [3.63, 3.8) is 0 Å². The third-order valence-electron chi connectivity index (χ3n) is 5.81. The number of benzene rings is 2. The van der Waals surface area contributed by atoms with Gasteiger partial charge < -0.3 is 19.4 Å². The lowest BCUT2D eigenvalue weighted by Crippen LogP contribution is -2.59. The Morgan fingerprint density at radius 2 is 1.72 bits per heavy atom. The summed E-state index contributed by atoms with van der Waals surface area (Å²) in [4.78, 5) is 30.7. The molecule has 2 aromatic rings. The van der Waals surface area contributed by atoms with Gasteiger partial charge >= 0.3 is 6.18 Å².